The second-order valence-electron chi connectivity index (χ2n) is 8.79. The first-order valence-electron chi connectivity index (χ1n) is 10.1. The number of pyridine rings is 1. The van der Waals surface area contributed by atoms with Crippen molar-refractivity contribution in [2.75, 3.05) is 19.6 Å². The SMILES string of the molecule is CC1(O)CN(C[C@]2(O)CC[C@@](F)(C(=O)NCc3ccc(F)cc3Cl)c3cccnc32)C1. The van der Waals surface area contributed by atoms with Crippen molar-refractivity contribution in [3.05, 3.63) is 64.2 Å². The molecule has 1 aromatic heterocycles. The largest absolute Gasteiger partial charge is 0.388 e. The van der Waals surface area contributed by atoms with Gasteiger partial charge in [-0.3, -0.25) is 14.7 Å². The average molecular weight is 452 g/mol. The summed E-state index contributed by atoms with van der Waals surface area (Å²) < 4.78 is 29.2. The highest BCUT2D eigenvalue weighted by atomic mass is 35.5. The van der Waals surface area contributed by atoms with E-state index in [0.29, 0.717) is 18.7 Å². The highest BCUT2D eigenvalue weighted by Crippen LogP contribution is 2.46. The molecule has 6 nitrogen and oxygen atoms in total. The van der Waals surface area contributed by atoms with Crippen LogP contribution in [0.3, 0.4) is 0 Å². The van der Waals surface area contributed by atoms with E-state index in [-0.39, 0.29) is 42.2 Å². The average Bonchev–Trinajstić information content (AvgIpc) is 2.69. The minimum absolute atomic E-state index is 0.00309. The van der Waals surface area contributed by atoms with Crippen molar-refractivity contribution in [1.82, 2.24) is 15.2 Å². The highest BCUT2D eigenvalue weighted by Gasteiger charge is 2.53. The molecule has 2 atom stereocenters. The summed E-state index contributed by atoms with van der Waals surface area (Å²) in [6.45, 7) is 2.64. The molecule has 1 fully saturated rings. The van der Waals surface area contributed by atoms with Gasteiger partial charge in [-0.15, -0.1) is 0 Å². The molecule has 0 radical (unpaired) electrons. The number of aliphatic hydroxyl groups is 2. The quantitative estimate of drug-likeness (QED) is 0.650. The predicted octanol–water partition coefficient (Wildman–Crippen LogP) is 2.40. The number of likely N-dealkylation sites (tertiary alicyclic amines) is 1. The van der Waals surface area contributed by atoms with Crippen LogP contribution in [0.15, 0.2) is 36.5 Å². The molecule has 9 heteroatoms. The number of nitrogens with one attached hydrogen (secondary N) is 1. The van der Waals surface area contributed by atoms with Crippen molar-refractivity contribution in [2.45, 2.75) is 43.2 Å². The van der Waals surface area contributed by atoms with Crippen LogP contribution in [0.4, 0.5) is 8.78 Å². The molecular formula is C22H24ClF2N3O3. The summed E-state index contributed by atoms with van der Waals surface area (Å²) >= 11 is 5.99. The lowest BCUT2D eigenvalue weighted by atomic mass is 9.73. The molecule has 1 aliphatic carbocycles. The van der Waals surface area contributed by atoms with Crippen LogP contribution < -0.4 is 5.32 Å². The van der Waals surface area contributed by atoms with E-state index in [1.54, 1.807) is 6.92 Å². The minimum atomic E-state index is -2.37. The maximum atomic E-state index is 16.0. The second kappa shape index (κ2) is 7.78. The van der Waals surface area contributed by atoms with Gasteiger partial charge in [0.2, 0.25) is 5.67 Å². The van der Waals surface area contributed by atoms with E-state index in [1.807, 2.05) is 4.90 Å². The fraction of sp³-hybridized carbons (Fsp3) is 0.455. The van der Waals surface area contributed by atoms with Crippen LogP contribution >= 0.6 is 11.6 Å². The number of carbonyl (C=O) groups excluding carboxylic acids is 1. The van der Waals surface area contributed by atoms with Gasteiger partial charge in [0.1, 0.15) is 11.4 Å². The van der Waals surface area contributed by atoms with Crippen LogP contribution in [0, 0.1) is 5.82 Å². The van der Waals surface area contributed by atoms with Gasteiger partial charge in [-0.2, -0.15) is 0 Å². The van der Waals surface area contributed by atoms with Crippen LogP contribution in [-0.2, 0) is 22.6 Å². The summed E-state index contributed by atoms with van der Waals surface area (Å²) in [5.41, 5.74) is -3.98. The van der Waals surface area contributed by atoms with E-state index in [0.717, 1.165) is 6.07 Å². The second-order valence-corrected chi connectivity index (χ2v) is 9.20. The molecule has 166 valence electrons. The van der Waals surface area contributed by atoms with Gasteiger partial charge >= 0.3 is 0 Å². The Bertz CT molecular complexity index is 1010. The Morgan fingerprint density at radius 3 is 2.71 bits per heavy atom. The normalized spacial score (nSPS) is 27.3. The lowest BCUT2D eigenvalue weighted by Crippen LogP contribution is -2.63. The summed E-state index contributed by atoms with van der Waals surface area (Å²) in [5, 5.41) is 23.9. The molecule has 2 aromatic rings. The molecule has 2 heterocycles. The lowest BCUT2D eigenvalue weighted by molar-refractivity contribution is -0.142. The number of rotatable bonds is 5. The molecule has 1 amide bonds. The monoisotopic (exact) mass is 451 g/mol. The highest BCUT2D eigenvalue weighted by molar-refractivity contribution is 6.31. The summed E-state index contributed by atoms with van der Waals surface area (Å²) in [6, 6.07) is 6.76. The predicted molar refractivity (Wildman–Crippen MR) is 110 cm³/mol. The molecule has 2 aliphatic rings. The molecule has 0 bridgehead atoms. The fourth-order valence-corrected chi connectivity index (χ4v) is 4.73. The van der Waals surface area contributed by atoms with E-state index in [2.05, 4.69) is 10.3 Å². The number of alkyl halides is 1. The number of fused-ring (bicyclic) bond motifs is 1. The third-order valence-electron chi connectivity index (χ3n) is 5.99. The molecule has 0 saturated carbocycles. The number of carbonyl (C=O) groups is 1. The van der Waals surface area contributed by atoms with E-state index in [9.17, 15) is 19.4 Å². The lowest BCUT2D eigenvalue weighted by Gasteiger charge is -2.49. The molecule has 0 spiro atoms. The molecule has 1 aromatic carbocycles. The maximum absolute atomic E-state index is 16.0. The van der Waals surface area contributed by atoms with Crippen LogP contribution in [-0.4, -0.2) is 51.2 Å². The molecule has 1 saturated heterocycles. The summed E-state index contributed by atoms with van der Waals surface area (Å²) in [7, 11) is 0. The Hall–Kier alpha value is -2.13. The number of halogens is 3. The Morgan fingerprint density at radius 2 is 2.03 bits per heavy atom. The molecule has 0 unspecified atom stereocenters. The van der Waals surface area contributed by atoms with E-state index < -0.39 is 28.6 Å². The topological polar surface area (TPSA) is 85.7 Å². The minimum Gasteiger partial charge on any atom is -0.388 e. The Kier molecular flexibility index (Phi) is 5.54. The first kappa shape index (κ1) is 22.1. The number of aromatic nitrogens is 1. The maximum Gasteiger partial charge on any atom is 0.262 e. The van der Waals surface area contributed by atoms with Crippen molar-refractivity contribution in [3.63, 3.8) is 0 Å². The van der Waals surface area contributed by atoms with Crippen molar-refractivity contribution in [2.24, 2.45) is 0 Å². The van der Waals surface area contributed by atoms with Crippen molar-refractivity contribution >= 4 is 17.5 Å². The first-order chi connectivity index (χ1) is 14.5. The number of β-amino-alcohol motifs (C(OH)–C–C–N with tert-alkyl or cyclic N) is 2. The Labute approximate surface area is 183 Å². The number of hydrogen-bond donors (Lipinski definition) is 3. The molecular weight excluding hydrogens is 428 g/mol. The van der Waals surface area contributed by atoms with Crippen LogP contribution in [0.25, 0.3) is 0 Å². The first-order valence-corrected chi connectivity index (χ1v) is 10.4. The van der Waals surface area contributed by atoms with Gasteiger partial charge in [0.15, 0.2) is 0 Å². The van der Waals surface area contributed by atoms with Crippen molar-refractivity contribution in [3.8, 4) is 0 Å². The molecule has 3 N–H and O–H groups in total. The Balaban J connectivity index is 1.54. The summed E-state index contributed by atoms with van der Waals surface area (Å²) in [6.07, 6.45) is 1.23. The number of nitrogens with zero attached hydrogens (tertiary/aromatic N) is 2. The third-order valence-corrected chi connectivity index (χ3v) is 6.34. The van der Waals surface area contributed by atoms with E-state index in [4.69, 9.17) is 11.6 Å². The van der Waals surface area contributed by atoms with Gasteiger partial charge in [-0.1, -0.05) is 23.7 Å². The summed E-state index contributed by atoms with van der Waals surface area (Å²) in [5.74, 6) is -1.37. The standard InChI is InChI=1S/C22H24ClF2N3O3/c1-20(30)11-28(12-20)13-21(31)6-7-22(25,16-3-2-8-26-18(16)21)19(29)27-10-14-4-5-15(24)9-17(14)23/h2-5,8-9,30-31H,6-7,10-13H2,1H3,(H,27,29)/t21-,22+/m1/s1. The third kappa shape index (κ3) is 4.17. The zero-order chi connectivity index (χ0) is 22.4. The van der Waals surface area contributed by atoms with Gasteiger partial charge in [-0.25, -0.2) is 8.78 Å². The number of benzene rings is 1. The summed E-state index contributed by atoms with van der Waals surface area (Å²) in [4.78, 5) is 19.0. The van der Waals surface area contributed by atoms with Gasteiger partial charge in [-0.05, 0) is 43.5 Å². The zero-order valence-electron chi connectivity index (χ0n) is 17.0. The smallest absolute Gasteiger partial charge is 0.262 e. The van der Waals surface area contributed by atoms with Gasteiger partial charge < -0.3 is 15.5 Å². The molecule has 1 aliphatic heterocycles. The van der Waals surface area contributed by atoms with Gasteiger partial charge in [0.25, 0.3) is 5.91 Å². The van der Waals surface area contributed by atoms with Crippen LogP contribution in [0.1, 0.15) is 36.6 Å². The van der Waals surface area contributed by atoms with Crippen LogP contribution in [0.2, 0.25) is 5.02 Å². The zero-order valence-corrected chi connectivity index (χ0v) is 17.8. The van der Waals surface area contributed by atoms with Crippen LogP contribution in [0.5, 0.6) is 0 Å². The molecule has 31 heavy (non-hydrogen) atoms. The van der Waals surface area contributed by atoms with Crippen molar-refractivity contribution < 1.29 is 23.8 Å². The van der Waals surface area contributed by atoms with E-state index in [1.165, 1.54) is 30.5 Å². The van der Waals surface area contributed by atoms with Gasteiger partial charge in [0.05, 0.1) is 11.3 Å². The number of amides is 1. The Morgan fingerprint density at radius 1 is 1.29 bits per heavy atom. The van der Waals surface area contributed by atoms with Crippen molar-refractivity contribution in [1.29, 1.82) is 0 Å². The van der Waals surface area contributed by atoms with Gasteiger partial charge in [0, 0.05) is 43.0 Å². The fourth-order valence-electron chi connectivity index (χ4n) is 4.50. The number of hydrogen-bond acceptors (Lipinski definition) is 5. The van der Waals surface area contributed by atoms with E-state index >= 15 is 4.39 Å². The molecule has 4 rings (SSSR count).